The lowest BCUT2D eigenvalue weighted by atomic mass is 10.2. The van der Waals surface area contributed by atoms with Crippen molar-refractivity contribution in [2.24, 2.45) is 11.8 Å². The van der Waals surface area contributed by atoms with Crippen LogP contribution in [0.25, 0.3) is 0 Å². The third kappa shape index (κ3) is 1.25. The maximum atomic E-state index is 11.3. The van der Waals surface area contributed by atoms with E-state index in [0.717, 1.165) is 12.5 Å². The van der Waals surface area contributed by atoms with Crippen LogP contribution in [0.15, 0.2) is 12.7 Å². The van der Waals surface area contributed by atoms with Crippen molar-refractivity contribution in [1.82, 2.24) is 5.32 Å². The maximum Gasteiger partial charge on any atom is 0.323 e. The van der Waals surface area contributed by atoms with Crippen molar-refractivity contribution in [2.75, 3.05) is 13.2 Å². The quantitative estimate of drug-likeness (QED) is 0.486. The topological polar surface area (TPSA) is 38.3 Å². The van der Waals surface area contributed by atoms with E-state index in [1.807, 2.05) is 0 Å². The average molecular weight is 167 g/mol. The Morgan fingerprint density at radius 1 is 1.75 bits per heavy atom. The molecule has 0 aromatic rings. The lowest BCUT2D eigenvalue weighted by Crippen LogP contribution is -2.36. The lowest BCUT2D eigenvalue weighted by Gasteiger charge is -2.10. The molecule has 3 nitrogen and oxygen atoms in total. The number of rotatable bonds is 3. The summed E-state index contributed by atoms with van der Waals surface area (Å²) in [5.41, 5.74) is 0. The molecule has 0 aromatic heterocycles. The SMILES string of the molecule is C=CCOC(=O)C1NCC2CC21. The van der Waals surface area contributed by atoms with Gasteiger partial charge in [-0.2, -0.15) is 0 Å². The van der Waals surface area contributed by atoms with Crippen LogP contribution in [0.5, 0.6) is 0 Å². The van der Waals surface area contributed by atoms with Gasteiger partial charge in [-0.05, 0) is 24.8 Å². The Morgan fingerprint density at radius 2 is 2.58 bits per heavy atom. The standard InChI is InChI=1S/C9H13NO2/c1-2-3-12-9(11)8-7-4-6(7)5-10-8/h2,6-8,10H,1,3-5H2. The summed E-state index contributed by atoms with van der Waals surface area (Å²) >= 11 is 0. The first-order chi connectivity index (χ1) is 5.83. The van der Waals surface area contributed by atoms with Crippen LogP contribution in [-0.2, 0) is 9.53 Å². The van der Waals surface area contributed by atoms with Crippen LogP contribution in [0.1, 0.15) is 6.42 Å². The predicted molar refractivity (Wildman–Crippen MR) is 44.5 cm³/mol. The Morgan fingerprint density at radius 3 is 3.08 bits per heavy atom. The molecule has 2 rings (SSSR count). The van der Waals surface area contributed by atoms with Gasteiger partial charge in [0.2, 0.25) is 0 Å². The number of nitrogens with one attached hydrogen (secondary N) is 1. The van der Waals surface area contributed by atoms with Crippen molar-refractivity contribution < 1.29 is 9.53 Å². The predicted octanol–water partition coefficient (Wildman–Crippen LogP) is 0.323. The highest BCUT2D eigenvalue weighted by Gasteiger charge is 2.51. The van der Waals surface area contributed by atoms with Crippen molar-refractivity contribution in [3.05, 3.63) is 12.7 Å². The van der Waals surface area contributed by atoms with Crippen LogP contribution < -0.4 is 5.32 Å². The zero-order chi connectivity index (χ0) is 8.55. The molecule has 1 saturated heterocycles. The highest BCUT2D eigenvalue weighted by atomic mass is 16.5. The number of carbonyl (C=O) groups is 1. The van der Waals surface area contributed by atoms with E-state index in [2.05, 4.69) is 11.9 Å². The minimum Gasteiger partial charge on any atom is -0.460 e. The van der Waals surface area contributed by atoms with Gasteiger partial charge in [0.25, 0.3) is 0 Å². The summed E-state index contributed by atoms with van der Waals surface area (Å²) in [6, 6.07) is -0.0325. The number of carbonyl (C=O) groups excluding carboxylic acids is 1. The van der Waals surface area contributed by atoms with Gasteiger partial charge in [-0.15, -0.1) is 0 Å². The molecule has 0 aromatic carbocycles. The highest BCUT2D eigenvalue weighted by Crippen LogP contribution is 2.45. The van der Waals surface area contributed by atoms with E-state index in [-0.39, 0.29) is 12.0 Å². The molecule has 0 bridgehead atoms. The second-order valence-electron chi connectivity index (χ2n) is 3.46. The Labute approximate surface area is 71.8 Å². The third-order valence-corrected chi connectivity index (χ3v) is 2.60. The molecule has 1 N–H and O–H groups in total. The second-order valence-corrected chi connectivity index (χ2v) is 3.46. The molecule has 1 saturated carbocycles. The van der Waals surface area contributed by atoms with Gasteiger partial charge in [0.1, 0.15) is 12.6 Å². The fraction of sp³-hybridized carbons (Fsp3) is 0.667. The van der Waals surface area contributed by atoms with E-state index in [4.69, 9.17) is 4.74 Å². The first-order valence-electron chi connectivity index (χ1n) is 4.34. The van der Waals surface area contributed by atoms with Crippen LogP contribution in [0.3, 0.4) is 0 Å². The molecule has 1 aliphatic carbocycles. The molecule has 0 spiro atoms. The summed E-state index contributed by atoms with van der Waals surface area (Å²) in [5.74, 6) is 1.19. The number of piperidine rings is 1. The number of esters is 1. The third-order valence-electron chi connectivity index (χ3n) is 2.60. The molecule has 3 atom stereocenters. The number of hydrogen-bond acceptors (Lipinski definition) is 3. The monoisotopic (exact) mass is 167 g/mol. The van der Waals surface area contributed by atoms with Crippen molar-refractivity contribution in [1.29, 1.82) is 0 Å². The Bertz CT molecular complexity index is 215. The van der Waals surface area contributed by atoms with E-state index in [0.29, 0.717) is 12.5 Å². The number of ether oxygens (including phenoxy) is 1. The van der Waals surface area contributed by atoms with Gasteiger partial charge >= 0.3 is 5.97 Å². The largest absolute Gasteiger partial charge is 0.460 e. The summed E-state index contributed by atoms with van der Waals surface area (Å²) in [5, 5.41) is 3.16. The Balaban J connectivity index is 1.83. The van der Waals surface area contributed by atoms with Crippen LogP contribution in [-0.4, -0.2) is 25.2 Å². The normalized spacial score (nSPS) is 37.2. The maximum absolute atomic E-state index is 11.3. The molecule has 2 fully saturated rings. The van der Waals surface area contributed by atoms with Crippen LogP contribution in [0.4, 0.5) is 0 Å². The van der Waals surface area contributed by atoms with Gasteiger partial charge < -0.3 is 10.1 Å². The molecular weight excluding hydrogens is 154 g/mol. The minimum atomic E-state index is -0.111. The summed E-state index contributed by atoms with van der Waals surface area (Å²) in [6.45, 7) is 4.80. The van der Waals surface area contributed by atoms with E-state index in [1.165, 1.54) is 6.42 Å². The molecule has 12 heavy (non-hydrogen) atoms. The van der Waals surface area contributed by atoms with Gasteiger partial charge in [0.05, 0.1) is 0 Å². The minimum absolute atomic E-state index is 0.0325. The van der Waals surface area contributed by atoms with Crippen LogP contribution in [0.2, 0.25) is 0 Å². The fourth-order valence-corrected chi connectivity index (χ4v) is 1.83. The molecule has 1 aliphatic heterocycles. The Hall–Kier alpha value is -0.830. The molecule has 3 heteroatoms. The molecule has 0 radical (unpaired) electrons. The van der Waals surface area contributed by atoms with E-state index >= 15 is 0 Å². The lowest BCUT2D eigenvalue weighted by molar-refractivity contribution is -0.145. The first kappa shape index (κ1) is 7.80. The van der Waals surface area contributed by atoms with Gasteiger partial charge in [-0.25, -0.2) is 0 Å². The molecule has 66 valence electrons. The fourth-order valence-electron chi connectivity index (χ4n) is 1.83. The van der Waals surface area contributed by atoms with Crippen molar-refractivity contribution in [3.8, 4) is 0 Å². The first-order valence-corrected chi connectivity index (χ1v) is 4.34. The van der Waals surface area contributed by atoms with Crippen molar-refractivity contribution in [3.63, 3.8) is 0 Å². The summed E-state index contributed by atoms with van der Waals surface area (Å²) in [6.07, 6.45) is 2.79. The van der Waals surface area contributed by atoms with Gasteiger partial charge in [0.15, 0.2) is 0 Å². The molecular formula is C9H13NO2. The van der Waals surface area contributed by atoms with Crippen molar-refractivity contribution in [2.45, 2.75) is 12.5 Å². The van der Waals surface area contributed by atoms with Gasteiger partial charge in [-0.1, -0.05) is 12.7 Å². The average Bonchev–Trinajstić information content (AvgIpc) is 2.74. The van der Waals surface area contributed by atoms with E-state index in [9.17, 15) is 4.79 Å². The summed E-state index contributed by atoms with van der Waals surface area (Å²) < 4.78 is 4.95. The molecule has 0 amide bonds. The summed E-state index contributed by atoms with van der Waals surface area (Å²) in [4.78, 5) is 11.3. The van der Waals surface area contributed by atoms with Gasteiger partial charge in [0, 0.05) is 0 Å². The molecule has 3 unspecified atom stereocenters. The molecule has 2 aliphatic rings. The van der Waals surface area contributed by atoms with Crippen molar-refractivity contribution >= 4 is 5.97 Å². The second kappa shape index (κ2) is 2.90. The Kier molecular flexibility index (Phi) is 1.89. The zero-order valence-electron chi connectivity index (χ0n) is 6.95. The zero-order valence-corrected chi connectivity index (χ0v) is 6.95. The summed E-state index contributed by atoms with van der Waals surface area (Å²) in [7, 11) is 0. The van der Waals surface area contributed by atoms with E-state index < -0.39 is 0 Å². The number of fused-ring (bicyclic) bond motifs is 1. The highest BCUT2D eigenvalue weighted by molar-refractivity contribution is 5.77. The van der Waals surface area contributed by atoms with E-state index in [1.54, 1.807) is 6.08 Å². The number of hydrogen-bond donors (Lipinski definition) is 1. The molecule has 1 heterocycles. The van der Waals surface area contributed by atoms with Crippen LogP contribution >= 0.6 is 0 Å². The van der Waals surface area contributed by atoms with Gasteiger partial charge in [-0.3, -0.25) is 4.79 Å². The smallest absolute Gasteiger partial charge is 0.323 e. The van der Waals surface area contributed by atoms with Crippen LogP contribution in [0, 0.1) is 11.8 Å².